The Morgan fingerprint density at radius 2 is 1.91 bits per heavy atom. The van der Waals surface area contributed by atoms with E-state index in [0.717, 1.165) is 0 Å². The maximum Gasteiger partial charge on any atom is 0.226 e. The fraction of sp³-hybridized carbons (Fsp3) is 0.875. The molecule has 1 amide bonds. The van der Waals surface area contributed by atoms with Gasteiger partial charge in [-0.05, 0) is 31.7 Å². The summed E-state index contributed by atoms with van der Waals surface area (Å²) in [7, 11) is 0. The molecule has 0 aliphatic heterocycles. The molecular formula is C8H17NOS. The lowest BCUT2D eigenvalue weighted by Gasteiger charge is -2.05. The molecule has 0 saturated heterocycles. The van der Waals surface area contributed by atoms with Crippen molar-refractivity contribution in [1.82, 2.24) is 4.72 Å². The summed E-state index contributed by atoms with van der Waals surface area (Å²) >= 11 is 1.55. The van der Waals surface area contributed by atoms with Gasteiger partial charge in [0.25, 0.3) is 0 Å². The third-order valence-electron chi connectivity index (χ3n) is 1.40. The highest BCUT2D eigenvalue weighted by Gasteiger charge is 2.38. The standard InChI is InChI=1S/C6H11NOS.C2H6/c1-5(8)7-9-6(2)3-4-6;1-2/h3-4H2,1-2H3,(H,7,8);1-2H3. The summed E-state index contributed by atoms with van der Waals surface area (Å²) in [5.41, 5.74) is 0. The van der Waals surface area contributed by atoms with Gasteiger partial charge in [0.1, 0.15) is 0 Å². The molecule has 1 N–H and O–H groups in total. The molecule has 0 radical (unpaired) electrons. The van der Waals surface area contributed by atoms with E-state index >= 15 is 0 Å². The Morgan fingerprint density at radius 1 is 1.45 bits per heavy atom. The van der Waals surface area contributed by atoms with Gasteiger partial charge in [-0.3, -0.25) is 9.52 Å². The quantitative estimate of drug-likeness (QED) is 0.653. The van der Waals surface area contributed by atoms with Crippen LogP contribution < -0.4 is 4.72 Å². The predicted molar refractivity (Wildman–Crippen MR) is 50.4 cm³/mol. The first-order chi connectivity index (χ1) is 5.12. The number of hydrogen-bond acceptors (Lipinski definition) is 2. The Kier molecular flexibility index (Phi) is 4.57. The van der Waals surface area contributed by atoms with Crippen LogP contribution in [0.4, 0.5) is 0 Å². The second-order valence-corrected chi connectivity index (χ2v) is 4.10. The van der Waals surface area contributed by atoms with E-state index in [9.17, 15) is 4.79 Å². The largest absolute Gasteiger partial charge is 0.300 e. The highest BCUT2D eigenvalue weighted by molar-refractivity contribution is 7.99. The lowest BCUT2D eigenvalue weighted by atomic mass is 10.5. The van der Waals surface area contributed by atoms with Crippen LogP contribution in [0.2, 0.25) is 0 Å². The van der Waals surface area contributed by atoms with E-state index in [4.69, 9.17) is 0 Å². The molecule has 3 heteroatoms. The highest BCUT2D eigenvalue weighted by atomic mass is 32.2. The van der Waals surface area contributed by atoms with E-state index in [-0.39, 0.29) is 5.91 Å². The first-order valence-electron chi connectivity index (χ1n) is 4.07. The lowest BCUT2D eigenvalue weighted by Crippen LogP contribution is -2.15. The number of amides is 1. The first kappa shape index (κ1) is 10.8. The third kappa shape index (κ3) is 5.13. The van der Waals surface area contributed by atoms with E-state index in [1.807, 2.05) is 13.8 Å². The van der Waals surface area contributed by atoms with Crippen LogP contribution in [0.1, 0.15) is 40.5 Å². The molecule has 11 heavy (non-hydrogen) atoms. The van der Waals surface area contributed by atoms with Gasteiger partial charge in [-0.2, -0.15) is 0 Å². The minimum absolute atomic E-state index is 0.0492. The highest BCUT2D eigenvalue weighted by Crippen LogP contribution is 2.46. The maximum absolute atomic E-state index is 10.4. The summed E-state index contributed by atoms with van der Waals surface area (Å²) in [4.78, 5) is 10.4. The predicted octanol–water partition coefficient (Wildman–Crippen LogP) is 2.35. The van der Waals surface area contributed by atoms with Crippen molar-refractivity contribution < 1.29 is 4.79 Å². The lowest BCUT2D eigenvalue weighted by molar-refractivity contribution is -0.117. The molecule has 1 fully saturated rings. The van der Waals surface area contributed by atoms with Crippen molar-refractivity contribution in [3.05, 3.63) is 0 Å². The molecule has 0 aromatic carbocycles. The third-order valence-corrected chi connectivity index (χ3v) is 2.69. The summed E-state index contributed by atoms with van der Waals surface area (Å²) < 4.78 is 3.09. The molecule has 1 aliphatic rings. The van der Waals surface area contributed by atoms with Gasteiger partial charge in [0, 0.05) is 11.7 Å². The average molecular weight is 175 g/mol. The Morgan fingerprint density at radius 3 is 2.18 bits per heavy atom. The smallest absolute Gasteiger partial charge is 0.226 e. The molecular weight excluding hydrogens is 158 g/mol. The molecule has 1 aliphatic carbocycles. The molecule has 1 rings (SSSR count). The summed E-state index contributed by atoms with van der Waals surface area (Å²) in [5, 5.41) is 0. The summed E-state index contributed by atoms with van der Waals surface area (Å²) in [6.45, 7) is 7.70. The van der Waals surface area contributed by atoms with Crippen LogP contribution in [-0.2, 0) is 4.79 Å². The molecule has 0 aromatic rings. The first-order valence-corrected chi connectivity index (χ1v) is 4.89. The Labute approximate surface area is 73.3 Å². The second-order valence-electron chi connectivity index (χ2n) is 2.71. The number of rotatable bonds is 2. The zero-order chi connectivity index (χ0) is 8.91. The van der Waals surface area contributed by atoms with Crippen molar-refractivity contribution in [2.75, 3.05) is 0 Å². The molecule has 2 nitrogen and oxygen atoms in total. The van der Waals surface area contributed by atoms with Crippen LogP contribution in [0.15, 0.2) is 0 Å². The van der Waals surface area contributed by atoms with Crippen LogP contribution in [-0.4, -0.2) is 10.7 Å². The van der Waals surface area contributed by atoms with Gasteiger partial charge in [-0.1, -0.05) is 13.8 Å². The minimum Gasteiger partial charge on any atom is -0.300 e. The Bertz CT molecular complexity index is 132. The van der Waals surface area contributed by atoms with Gasteiger partial charge in [0.05, 0.1) is 0 Å². The molecule has 0 atom stereocenters. The second kappa shape index (κ2) is 4.65. The Hall–Kier alpha value is -0.180. The summed E-state index contributed by atoms with van der Waals surface area (Å²) in [5.74, 6) is 0.0492. The normalized spacial score (nSPS) is 17.8. The fourth-order valence-corrected chi connectivity index (χ4v) is 1.17. The van der Waals surface area contributed by atoms with E-state index in [2.05, 4.69) is 11.6 Å². The van der Waals surface area contributed by atoms with Gasteiger partial charge in [0.15, 0.2) is 0 Å². The monoisotopic (exact) mass is 175 g/mol. The molecule has 0 spiro atoms. The number of carbonyl (C=O) groups excluding carboxylic acids is 1. The van der Waals surface area contributed by atoms with Crippen LogP contribution in [0.3, 0.4) is 0 Å². The van der Waals surface area contributed by atoms with Gasteiger partial charge in [0.2, 0.25) is 5.91 Å². The summed E-state index contributed by atoms with van der Waals surface area (Å²) in [6, 6.07) is 0. The average Bonchev–Trinajstić information content (AvgIpc) is 2.70. The molecule has 66 valence electrons. The molecule has 0 heterocycles. The molecule has 1 saturated carbocycles. The SMILES string of the molecule is CC.CC(=O)NSC1(C)CC1. The van der Waals surface area contributed by atoms with Crippen molar-refractivity contribution in [3.8, 4) is 0 Å². The van der Waals surface area contributed by atoms with Gasteiger partial charge in [-0.25, -0.2) is 0 Å². The van der Waals surface area contributed by atoms with Crippen LogP contribution in [0, 0.1) is 0 Å². The maximum atomic E-state index is 10.4. The number of hydrogen-bond donors (Lipinski definition) is 1. The van der Waals surface area contributed by atoms with Crippen molar-refractivity contribution in [2.24, 2.45) is 0 Å². The van der Waals surface area contributed by atoms with E-state index in [1.54, 1.807) is 18.9 Å². The van der Waals surface area contributed by atoms with Crippen molar-refractivity contribution in [2.45, 2.75) is 45.3 Å². The van der Waals surface area contributed by atoms with E-state index in [0.29, 0.717) is 4.75 Å². The van der Waals surface area contributed by atoms with Crippen molar-refractivity contribution >= 4 is 17.9 Å². The van der Waals surface area contributed by atoms with Gasteiger partial charge >= 0.3 is 0 Å². The van der Waals surface area contributed by atoms with E-state index in [1.165, 1.54) is 12.8 Å². The number of carbonyl (C=O) groups is 1. The van der Waals surface area contributed by atoms with Crippen molar-refractivity contribution in [1.29, 1.82) is 0 Å². The van der Waals surface area contributed by atoms with Crippen LogP contribution in [0.5, 0.6) is 0 Å². The fourth-order valence-electron chi connectivity index (χ4n) is 0.473. The zero-order valence-corrected chi connectivity index (χ0v) is 8.55. The van der Waals surface area contributed by atoms with E-state index < -0.39 is 0 Å². The zero-order valence-electron chi connectivity index (χ0n) is 7.73. The topological polar surface area (TPSA) is 29.1 Å². The van der Waals surface area contributed by atoms with Gasteiger partial charge in [-0.15, -0.1) is 0 Å². The molecule has 0 bridgehead atoms. The van der Waals surface area contributed by atoms with Crippen molar-refractivity contribution in [3.63, 3.8) is 0 Å². The number of nitrogens with one attached hydrogen (secondary N) is 1. The minimum atomic E-state index is 0.0492. The molecule has 0 unspecified atom stereocenters. The van der Waals surface area contributed by atoms with Crippen LogP contribution >= 0.6 is 11.9 Å². The van der Waals surface area contributed by atoms with Crippen LogP contribution in [0.25, 0.3) is 0 Å². The van der Waals surface area contributed by atoms with Gasteiger partial charge < -0.3 is 0 Å². The summed E-state index contributed by atoms with van der Waals surface area (Å²) in [6.07, 6.45) is 2.47. The molecule has 0 aromatic heterocycles. The Balaban J connectivity index is 0.000000461.